The molecule has 0 unspecified atom stereocenters. The summed E-state index contributed by atoms with van der Waals surface area (Å²) in [6, 6.07) is 10.8. The van der Waals surface area contributed by atoms with Gasteiger partial charge >= 0.3 is 0 Å². The summed E-state index contributed by atoms with van der Waals surface area (Å²) in [4.78, 5) is 11.6. The molecule has 2 N–H and O–H groups in total. The fraction of sp³-hybridized carbons (Fsp3) is 0.316. The van der Waals surface area contributed by atoms with E-state index in [0.29, 0.717) is 25.1 Å². The van der Waals surface area contributed by atoms with Gasteiger partial charge in [0.05, 0.1) is 0 Å². The van der Waals surface area contributed by atoms with E-state index >= 15 is 0 Å². The maximum Gasteiger partial charge on any atom is 0.220 e. The Bertz CT molecular complexity index is 655. The van der Waals surface area contributed by atoms with Crippen molar-refractivity contribution in [3.05, 3.63) is 53.1 Å². The van der Waals surface area contributed by atoms with Crippen molar-refractivity contribution < 1.29 is 14.6 Å². The maximum atomic E-state index is 11.6. The second-order valence-corrected chi connectivity index (χ2v) is 5.61. The van der Waals surface area contributed by atoms with Crippen LogP contribution in [0.4, 0.5) is 0 Å². The van der Waals surface area contributed by atoms with Gasteiger partial charge in [-0.05, 0) is 68.1 Å². The quantitative estimate of drug-likeness (QED) is 0.851. The number of rotatable bonds is 6. The van der Waals surface area contributed by atoms with E-state index < -0.39 is 0 Å². The standard InChI is InChI=1S/C19H23NO3/c1-4-20-18(22)10-5-15-11-13(2)19(14(3)12-15)23-17-8-6-16(21)7-9-17/h6-9,11-12,21H,4-5,10H2,1-3H3,(H,20,22). The number of carbonyl (C=O) groups is 1. The number of ether oxygens (including phenoxy) is 1. The zero-order valence-electron chi connectivity index (χ0n) is 13.8. The van der Waals surface area contributed by atoms with Crippen LogP contribution in [0.2, 0.25) is 0 Å². The number of aromatic hydroxyl groups is 1. The van der Waals surface area contributed by atoms with E-state index in [-0.39, 0.29) is 11.7 Å². The van der Waals surface area contributed by atoms with E-state index in [4.69, 9.17) is 4.74 Å². The molecule has 23 heavy (non-hydrogen) atoms. The smallest absolute Gasteiger partial charge is 0.220 e. The first-order valence-electron chi connectivity index (χ1n) is 7.83. The molecule has 0 aliphatic heterocycles. The number of nitrogens with one attached hydrogen (secondary N) is 1. The number of amides is 1. The summed E-state index contributed by atoms with van der Waals surface area (Å²) in [5, 5.41) is 12.1. The van der Waals surface area contributed by atoms with Crippen LogP contribution in [0.5, 0.6) is 17.2 Å². The van der Waals surface area contributed by atoms with Gasteiger partial charge in [0.1, 0.15) is 17.2 Å². The summed E-state index contributed by atoms with van der Waals surface area (Å²) < 4.78 is 5.92. The van der Waals surface area contributed by atoms with Crippen LogP contribution < -0.4 is 10.1 Å². The second kappa shape index (κ2) is 7.68. The van der Waals surface area contributed by atoms with Gasteiger partial charge in [-0.1, -0.05) is 12.1 Å². The van der Waals surface area contributed by atoms with Gasteiger partial charge in [0.2, 0.25) is 5.91 Å². The van der Waals surface area contributed by atoms with E-state index in [1.54, 1.807) is 24.3 Å². The highest BCUT2D eigenvalue weighted by atomic mass is 16.5. The zero-order chi connectivity index (χ0) is 16.8. The van der Waals surface area contributed by atoms with Crippen molar-refractivity contribution in [2.75, 3.05) is 6.54 Å². The molecule has 4 heteroatoms. The fourth-order valence-corrected chi connectivity index (χ4v) is 2.52. The minimum Gasteiger partial charge on any atom is -0.508 e. The van der Waals surface area contributed by atoms with Crippen LogP contribution >= 0.6 is 0 Å². The SMILES string of the molecule is CCNC(=O)CCc1cc(C)c(Oc2ccc(O)cc2)c(C)c1. The molecule has 0 heterocycles. The summed E-state index contributed by atoms with van der Waals surface area (Å²) in [7, 11) is 0. The monoisotopic (exact) mass is 313 g/mol. The van der Waals surface area contributed by atoms with Crippen molar-refractivity contribution >= 4 is 5.91 Å². The highest BCUT2D eigenvalue weighted by Crippen LogP contribution is 2.30. The molecular weight excluding hydrogens is 290 g/mol. The lowest BCUT2D eigenvalue weighted by molar-refractivity contribution is -0.120. The predicted molar refractivity (Wildman–Crippen MR) is 91.1 cm³/mol. The van der Waals surface area contributed by atoms with Gasteiger partial charge in [0.25, 0.3) is 0 Å². The minimum atomic E-state index is 0.0761. The van der Waals surface area contributed by atoms with Crippen molar-refractivity contribution in [1.29, 1.82) is 0 Å². The van der Waals surface area contributed by atoms with Crippen molar-refractivity contribution in [3.63, 3.8) is 0 Å². The molecule has 4 nitrogen and oxygen atoms in total. The Morgan fingerprint density at radius 3 is 2.30 bits per heavy atom. The second-order valence-electron chi connectivity index (χ2n) is 5.61. The van der Waals surface area contributed by atoms with Gasteiger partial charge in [-0.2, -0.15) is 0 Å². The average molecular weight is 313 g/mol. The van der Waals surface area contributed by atoms with Crippen LogP contribution in [0.3, 0.4) is 0 Å². The molecule has 0 atom stereocenters. The molecular formula is C19H23NO3. The molecule has 0 aromatic heterocycles. The molecule has 0 aliphatic carbocycles. The molecule has 0 spiro atoms. The van der Waals surface area contributed by atoms with E-state index in [1.807, 2.05) is 20.8 Å². The summed E-state index contributed by atoms with van der Waals surface area (Å²) in [6.45, 7) is 6.58. The molecule has 0 saturated carbocycles. The van der Waals surface area contributed by atoms with Gasteiger partial charge in [-0.15, -0.1) is 0 Å². The first-order valence-corrected chi connectivity index (χ1v) is 7.83. The highest BCUT2D eigenvalue weighted by molar-refractivity contribution is 5.76. The Morgan fingerprint density at radius 1 is 1.13 bits per heavy atom. The maximum absolute atomic E-state index is 11.6. The number of carbonyl (C=O) groups excluding carboxylic acids is 1. The number of phenols is 1. The topological polar surface area (TPSA) is 58.6 Å². The largest absolute Gasteiger partial charge is 0.508 e. The molecule has 1 amide bonds. The van der Waals surface area contributed by atoms with Gasteiger partial charge in [0, 0.05) is 13.0 Å². The molecule has 0 fully saturated rings. The third-order valence-corrected chi connectivity index (χ3v) is 3.59. The predicted octanol–water partition coefficient (Wildman–Crippen LogP) is 3.87. The Kier molecular flexibility index (Phi) is 5.63. The summed E-state index contributed by atoms with van der Waals surface area (Å²) in [5.41, 5.74) is 3.19. The minimum absolute atomic E-state index is 0.0761. The molecule has 2 aromatic carbocycles. The Morgan fingerprint density at radius 2 is 1.74 bits per heavy atom. The van der Waals surface area contributed by atoms with Crippen LogP contribution in [0.15, 0.2) is 36.4 Å². The third kappa shape index (κ3) is 4.74. The molecule has 0 aliphatic rings. The van der Waals surface area contributed by atoms with E-state index in [2.05, 4.69) is 17.4 Å². The van der Waals surface area contributed by atoms with Gasteiger partial charge in [0.15, 0.2) is 0 Å². The molecule has 2 rings (SSSR count). The number of hydrogen-bond donors (Lipinski definition) is 2. The van der Waals surface area contributed by atoms with Crippen molar-refractivity contribution in [3.8, 4) is 17.2 Å². The number of hydrogen-bond acceptors (Lipinski definition) is 3. The lowest BCUT2D eigenvalue weighted by atomic mass is 10.0. The lowest BCUT2D eigenvalue weighted by Crippen LogP contribution is -2.22. The van der Waals surface area contributed by atoms with Crippen LogP contribution in [-0.2, 0) is 11.2 Å². The summed E-state index contributed by atoms with van der Waals surface area (Å²) >= 11 is 0. The third-order valence-electron chi connectivity index (χ3n) is 3.59. The summed E-state index contributed by atoms with van der Waals surface area (Å²) in [6.07, 6.45) is 1.21. The highest BCUT2D eigenvalue weighted by Gasteiger charge is 2.09. The van der Waals surface area contributed by atoms with Crippen LogP contribution in [0.25, 0.3) is 0 Å². The van der Waals surface area contributed by atoms with Crippen LogP contribution in [0.1, 0.15) is 30.0 Å². The molecule has 0 radical (unpaired) electrons. The van der Waals surface area contributed by atoms with Crippen LogP contribution in [0, 0.1) is 13.8 Å². The van der Waals surface area contributed by atoms with Crippen molar-refractivity contribution in [2.24, 2.45) is 0 Å². The van der Waals surface area contributed by atoms with Gasteiger partial charge in [-0.3, -0.25) is 4.79 Å². The van der Waals surface area contributed by atoms with Crippen LogP contribution in [-0.4, -0.2) is 17.6 Å². The lowest BCUT2D eigenvalue weighted by Gasteiger charge is -2.14. The Labute approximate surface area is 137 Å². The Balaban J connectivity index is 2.10. The van der Waals surface area contributed by atoms with E-state index in [9.17, 15) is 9.90 Å². The summed E-state index contributed by atoms with van der Waals surface area (Å²) in [5.74, 6) is 1.79. The molecule has 2 aromatic rings. The average Bonchev–Trinajstić information content (AvgIpc) is 2.51. The fourth-order valence-electron chi connectivity index (χ4n) is 2.52. The number of aryl methyl sites for hydroxylation is 3. The first kappa shape index (κ1) is 16.9. The van der Waals surface area contributed by atoms with Crippen molar-refractivity contribution in [2.45, 2.75) is 33.6 Å². The molecule has 122 valence electrons. The Hall–Kier alpha value is -2.49. The molecule has 0 saturated heterocycles. The number of phenolic OH excluding ortho intramolecular Hbond substituents is 1. The number of benzene rings is 2. The molecule has 0 bridgehead atoms. The van der Waals surface area contributed by atoms with Gasteiger partial charge in [-0.25, -0.2) is 0 Å². The van der Waals surface area contributed by atoms with E-state index in [1.165, 1.54) is 0 Å². The first-order chi connectivity index (χ1) is 11.0. The zero-order valence-corrected chi connectivity index (χ0v) is 13.8. The van der Waals surface area contributed by atoms with Crippen molar-refractivity contribution in [1.82, 2.24) is 5.32 Å². The van der Waals surface area contributed by atoms with E-state index in [0.717, 1.165) is 22.4 Å². The van der Waals surface area contributed by atoms with Gasteiger partial charge < -0.3 is 15.2 Å². The normalized spacial score (nSPS) is 10.4.